The van der Waals surface area contributed by atoms with Gasteiger partial charge >= 0.3 is 0 Å². The molecule has 2 heterocycles. The van der Waals surface area contributed by atoms with Crippen molar-refractivity contribution in [3.63, 3.8) is 0 Å². The van der Waals surface area contributed by atoms with Gasteiger partial charge in [-0.15, -0.1) is 0 Å². The van der Waals surface area contributed by atoms with Gasteiger partial charge in [-0.1, -0.05) is 18.5 Å². The van der Waals surface area contributed by atoms with Gasteiger partial charge in [0.1, 0.15) is 5.02 Å². The molecule has 1 aliphatic rings. The van der Waals surface area contributed by atoms with Crippen molar-refractivity contribution in [3.8, 4) is 0 Å². The van der Waals surface area contributed by atoms with Crippen molar-refractivity contribution < 1.29 is 0 Å². The van der Waals surface area contributed by atoms with Crippen LogP contribution in [0.25, 0.3) is 0 Å². The fourth-order valence-corrected chi connectivity index (χ4v) is 2.89. The van der Waals surface area contributed by atoms with E-state index in [1.54, 1.807) is 6.20 Å². The molecule has 0 aromatic carbocycles. The van der Waals surface area contributed by atoms with Crippen molar-refractivity contribution >= 4 is 17.3 Å². The van der Waals surface area contributed by atoms with Crippen LogP contribution in [0.15, 0.2) is 11.0 Å². The predicted molar refractivity (Wildman–Crippen MR) is 82.7 cm³/mol. The lowest BCUT2D eigenvalue weighted by molar-refractivity contribution is 0.386. The molecule has 0 unspecified atom stereocenters. The number of piperidine rings is 1. The van der Waals surface area contributed by atoms with Crippen molar-refractivity contribution in [1.82, 2.24) is 15.1 Å². The van der Waals surface area contributed by atoms with Gasteiger partial charge in [0.25, 0.3) is 5.56 Å². The Kier molecular flexibility index (Phi) is 5.43. The summed E-state index contributed by atoms with van der Waals surface area (Å²) in [5, 5.41) is 7.86. The molecule has 0 saturated carbocycles. The van der Waals surface area contributed by atoms with E-state index >= 15 is 0 Å². The topological polar surface area (TPSA) is 50.2 Å². The van der Waals surface area contributed by atoms with Crippen molar-refractivity contribution in [3.05, 3.63) is 21.6 Å². The Morgan fingerprint density at radius 3 is 2.70 bits per heavy atom. The fraction of sp³-hybridized carbons (Fsp3) is 0.714. The van der Waals surface area contributed by atoms with Gasteiger partial charge in [-0.05, 0) is 38.8 Å². The Labute approximate surface area is 124 Å². The van der Waals surface area contributed by atoms with Gasteiger partial charge in [-0.25, -0.2) is 4.68 Å². The zero-order chi connectivity index (χ0) is 14.5. The molecule has 1 aromatic rings. The molecule has 0 radical (unpaired) electrons. The second kappa shape index (κ2) is 7.09. The van der Waals surface area contributed by atoms with Gasteiger partial charge in [0.2, 0.25) is 0 Å². The smallest absolute Gasteiger partial charge is 0.287 e. The Morgan fingerprint density at radius 1 is 1.40 bits per heavy atom. The van der Waals surface area contributed by atoms with E-state index in [-0.39, 0.29) is 5.56 Å². The molecule has 2 rings (SSSR count). The summed E-state index contributed by atoms with van der Waals surface area (Å²) in [7, 11) is 0. The van der Waals surface area contributed by atoms with E-state index in [1.807, 2.05) is 6.92 Å². The average Bonchev–Trinajstić information content (AvgIpc) is 2.48. The Balaban J connectivity index is 2.04. The van der Waals surface area contributed by atoms with E-state index in [0.717, 1.165) is 44.7 Å². The molecule has 1 saturated heterocycles. The molecular formula is C14H23ClN4O. The van der Waals surface area contributed by atoms with Crippen LogP contribution in [0, 0.1) is 5.92 Å². The van der Waals surface area contributed by atoms with E-state index < -0.39 is 0 Å². The lowest BCUT2D eigenvalue weighted by atomic mass is 9.96. The third kappa shape index (κ3) is 3.33. The minimum atomic E-state index is -0.193. The van der Waals surface area contributed by atoms with Gasteiger partial charge in [0.05, 0.1) is 11.9 Å². The standard InChI is InChI=1S/C14H23ClN4O/c1-3-16-9-11-5-7-18(8-6-11)12-10-17-19(4-2)14(20)13(12)15/h10-11,16H,3-9H2,1-2H3. The zero-order valence-electron chi connectivity index (χ0n) is 12.2. The van der Waals surface area contributed by atoms with Crippen molar-refractivity contribution in [2.45, 2.75) is 33.2 Å². The Hall–Kier alpha value is -1.07. The molecule has 1 aromatic heterocycles. The maximum atomic E-state index is 12.0. The highest BCUT2D eigenvalue weighted by Crippen LogP contribution is 2.26. The molecular weight excluding hydrogens is 276 g/mol. The van der Waals surface area contributed by atoms with Crippen LogP contribution >= 0.6 is 11.6 Å². The first-order valence-corrected chi connectivity index (χ1v) is 7.76. The summed E-state index contributed by atoms with van der Waals surface area (Å²) in [6.45, 7) is 8.53. The fourth-order valence-electron chi connectivity index (χ4n) is 2.63. The van der Waals surface area contributed by atoms with E-state index in [9.17, 15) is 4.79 Å². The number of aryl methyl sites for hydroxylation is 1. The molecule has 0 amide bonds. The van der Waals surface area contributed by atoms with Crippen LogP contribution < -0.4 is 15.8 Å². The van der Waals surface area contributed by atoms with Crippen LogP contribution in [0.1, 0.15) is 26.7 Å². The lowest BCUT2D eigenvalue weighted by Gasteiger charge is -2.33. The van der Waals surface area contributed by atoms with Gasteiger partial charge in [0, 0.05) is 19.6 Å². The van der Waals surface area contributed by atoms with Crippen LogP contribution in [0.4, 0.5) is 5.69 Å². The second-order valence-corrected chi connectivity index (χ2v) is 5.58. The molecule has 5 nitrogen and oxygen atoms in total. The van der Waals surface area contributed by atoms with Gasteiger partial charge in [0.15, 0.2) is 0 Å². The molecule has 1 aliphatic heterocycles. The van der Waals surface area contributed by atoms with Crippen LogP contribution in [0.2, 0.25) is 5.02 Å². The summed E-state index contributed by atoms with van der Waals surface area (Å²) in [6.07, 6.45) is 3.97. The summed E-state index contributed by atoms with van der Waals surface area (Å²) >= 11 is 6.20. The third-order valence-electron chi connectivity index (χ3n) is 3.90. The van der Waals surface area contributed by atoms with Gasteiger partial charge in [-0.3, -0.25) is 4.79 Å². The monoisotopic (exact) mass is 298 g/mol. The molecule has 0 spiro atoms. The summed E-state index contributed by atoms with van der Waals surface area (Å²) in [6, 6.07) is 0. The van der Waals surface area contributed by atoms with Crippen LogP contribution in [0.5, 0.6) is 0 Å². The number of hydrogen-bond donors (Lipinski definition) is 1. The molecule has 6 heteroatoms. The van der Waals surface area contributed by atoms with E-state index in [4.69, 9.17) is 11.6 Å². The average molecular weight is 299 g/mol. The lowest BCUT2D eigenvalue weighted by Crippen LogP contribution is -2.38. The molecule has 0 aliphatic carbocycles. The summed E-state index contributed by atoms with van der Waals surface area (Å²) in [5.74, 6) is 0.717. The van der Waals surface area contributed by atoms with Gasteiger partial charge < -0.3 is 10.2 Å². The summed E-state index contributed by atoms with van der Waals surface area (Å²) < 4.78 is 1.39. The van der Waals surface area contributed by atoms with Crippen LogP contribution in [-0.2, 0) is 6.54 Å². The van der Waals surface area contributed by atoms with E-state index in [1.165, 1.54) is 4.68 Å². The number of nitrogens with one attached hydrogen (secondary N) is 1. The first-order chi connectivity index (χ1) is 9.67. The highest BCUT2D eigenvalue weighted by molar-refractivity contribution is 6.33. The van der Waals surface area contributed by atoms with E-state index in [0.29, 0.717) is 17.5 Å². The SMILES string of the molecule is CCNCC1CCN(c2cnn(CC)c(=O)c2Cl)CC1. The maximum Gasteiger partial charge on any atom is 0.287 e. The van der Waals surface area contributed by atoms with Crippen LogP contribution in [-0.4, -0.2) is 36.0 Å². The quantitative estimate of drug-likeness (QED) is 0.900. The second-order valence-electron chi connectivity index (χ2n) is 5.20. The highest BCUT2D eigenvalue weighted by Gasteiger charge is 2.22. The molecule has 20 heavy (non-hydrogen) atoms. The molecule has 1 N–H and O–H groups in total. The number of aromatic nitrogens is 2. The zero-order valence-corrected chi connectivity index (χ0v) is 13.0. The molecule has 0 atom stereocenters. The number of hydrogen-bond acceptors (Lipinski definition) is 4. The Bertz CT molecular complexity index is 494. The predicted octanol–water partition coefficient (Wildman–Crippen LogP) is 1.74. The van der Waals surface area contributed by atoms with Crippen LogP contribution in [0.3, 0.4) is 0 Å². The number of rotatable bonds is 5. The van der Waals surface area contributed by atoms with Crippen molar-refractivity contribution in [2.75, 3.05) is 31.1 Å². The van der Waals surface area contributed by atoms with Crippen molar-refractivity contribution in [2.24, 2.45) is 5.92 Å². The van der Waals surface area contributed by atoms with Gasteiger partial charge in [-0.2, -0.15) is 5.10 Å². The first kappa shape index (κ1) is 15.3. The minimum Gasteiger partial charge on any atom is -0.369 e. The van der Waals surface area contributed by atoms with Crippen molar-refractivity contribution in [1.29, 1.82) is 0 Å². The third-order valence-corrected chi connectivity index (χ3v) is 4.26. The number of nitrogens with zero attached hydrogens (tertiary/aromatic N) is 3. The summed E-state index contributed by atoms with van der Waals surface area (Å²) in [4.78, 5) is 14.2. The number of anilines is 1. The largest absolute Gasteiger partial charge is 0.369 e. The number of halogens is 1. The normalized spacial score (nSPS) is 16.6. The highest BCUT2D eigenvalue weighted by atomic mass is 35.5. The molecule has 1 fully saturated rings. The molecule has 112 valence electrons. The summed E-state index contributed by atoms with van der Waals surface area (Å²) in [5.41, 5.74) is 0.588. The maximum absolute atomic E-state index is 12.0. The van der Waals surface area contributed by atoms with E-state index in [2.05, 4.69) is 22.2 Å². The Morgan fingerprint density at radius 2 is 2.10 bits per heavy atom. The minimum absolute atomic E-state index is 0.193. The molecule has 0 bridgehead atoms. The first-order valence-electron chi connectivity index (χ1n) is 7.38.